The summed E-state index contributed by atoms with van der Waals surface area (Å²) >= 11 is 3.91. The molecule has 0 unspecified atom stereocenters. The van der Waals surface area contributed by atoms with Crippen LogP contribution in [0.25, 0.3) is 22.5 Å². The zero-order chi connectivity index (χ0) is 19.1. The number of halogens is 6. The normalized spacial score (nSPS) is 12.4. The molecular formula is C16H8F6N2OS. The summed E-state index contributed by atoms with van der Waals surface area (Å²) in [4.78, 5) is 3.36. The van der Waals surface area contributed by atoms with Gasteiger partial charge in [0.2, 0.25) is 5.82 Å². The maximum atomic E-state index is 13.3. The van der Waals surface area contributed by atoms with Crippen LogP contribution in [0.2, 0.25) is 0 Å². The Kier molecular flexibility index (Phi) is 4.47. The summed E-state index contributed by atoms with van der Waals surface area (Å²) in [5.41, 5.74) is -0.825. The minimum Gasteiger partial charge on any atom is -0.329 e. The lowest BCUT2D eigenvalue weighted by molar-refractivity contribution is -0.159. The number of thiol groups is 1. The Morgan fingerprint density at radius 3 is 2.15 bits per heavy atom. The second-order valence-corrected chi connectivity index (χ2v) is 5.75. The van der Waals surface area contributed by atoms with Crippen LogP contribution < -0.4 is 0 Å². The lowest BCUT2D eigenvalue weighted by atomic mass is 9.97. The average molecular weight is 390 g/mol. The van der Waals surface area contributed by atoms with Crippen molar-refractivity contribution >= 4 is 12.6 Å². The standard InChI is InChI=1S/C16H8F6N2OS/c17-15(18,19)12-7-10(26)4-5-11(12)8-2-1-3-9(6-8)13-23-14(25-24-13)16(20,21)22/h1-7,26H. The third-order valence-corrected chi connectivity index (χ3v) is 3.69. The van der Waals surface area contributed by atoms with Crippen molar-refractivity contribution in [2.24, 2.45) is 0 Å². The van der Waals surface area contributed by atoms with Gasteiger partial charge < -0.3 is 4.52 Å². The van der Waals surface area contributed by atoms with E-state index in [2.05, 4.69) is 27.3 Å². The summed E-state index contributed by atoms with van der Waals surface area (Å²) in [6, 6.07) is 8.92. The average Bonchev–Trinajstić information content (AvgIpc) is 3.04. The third kappa shape index (κ3) is 3.69. The number of nitrogens with zero attached hydrogens (tertiary/aromatic N) is 2. The molecule has 26 heavy (non-hydrogen) atoms. The van der Waals surface area contributed by atoms with Crippen molar-refractivity contribution in [2.45, 2.75) is 17.2 Å². The van der Waals surface area contributed by atoms with E-state index in [1.807, 2.05) is 0 Å². The Hall–Kier alpha value is -2.49. The Morgan fingerprint density at radius 2 is 1.54 bits per heavy atom. The van der Waals surface area contributed by atoms with Gasteiger partial charge in [-0.1, -0.05) is 29.4 Å². The first-order valence-electron chi connectivity index (χ1n) is 6.97. The van der Waals surface area contributed by atoms with E-state index >= 15 is 0 Å². The van der Waals surface area contributed by atoms with Crippen LogP contribution in [0.3, 0.4) is 0 Å². The molecule has 0 aliphatic heterocycles. The van der Waals surface area contributed by atoms with E-state index in [0.29, 0.717) is 0 Å². The molecule has 1 heterocycles. The molecule has 0 bridgehead atoms. The highest BCUT2D eigenvalue weighted by Gasteiger charge is 2.38. The molecule has 0 fully saturated rings. The minimum atomic E-state index is -4.81. The Morgan fingerprint density at radius 1 is 0.846 bits per heavy atom. The fraction of sp³-hybridized carbons (Fsp3) is 0.125. The first-order valence-corrected chi connectivity index (χ1v) is 7.42. The zero-order valence-corrected chi connectivity index (χ0v) is 13.5. The van der Waals surface area contributed by atoms with Crippen molar-refractivity contribution in [3.05, 3.63) is 53.9 Å². The van der Waals surface area contributed by atoms with Crippen LogP contribution in [0.1, 0.15) is 11.5 Å². The van der Waals surface area contributed by atoms with Gasteiger partial charge in [0.1, 0.15) is 0 Å². The minimum absolute atomic E-state index is 0.0878. The van der Waals surface area contributed by atoms with E-state index in [0.717, 1.165) is 6.07 Å². The number of rotatable bonds is 2. The van der Waals surface area contributed by atoms with Crippen LogP contribution in [-0.4, -0.2) is 10.1 Å². The third-order valence-electron chi connectivity index (χ3n) is 3.41. The smallest absolute Gasteiger partial charge is 0.329 e. The molecule has 0 radical (unpaired) electrons. The van der Waals surface area contributed by atoms with Crippen molar-refractivity contribution in [3.63, 3.8) is 0 Å². The summed E-state index contributed by atoms with van der Waals surface area (Å²) in [7, 11) is 0. The van der Waals surface area contributed by atoms with Crippen molar-refractivity contribution in [3.8, 4) is 22.5 Å². The molecule has 0 spiro atoms. The molecule has 136 valence electrons. The molecule has 2 aromatic carbocycles. The number of benzene rings is 2. The number of alkyl halides is 6. The predicted octanol–water partition coefficient (Wildman–Crippen LogP) is 5.73. The molecule has 1 aromatic heterocycles. The highest BCUT2D eigenvalue weighted by atomic mass is 32.1. The van der Waals surface area contributed by atoms with E-state index in [-0.39, 0.29) is 27.4 Å². The van der Waals surface area contributed by atoms with E-state index < -0.39 is 23.8 Å². The first-order chi connectivity index (χ1) is 12.1. The molecule has 0 N–H and O–H groups in total. The van der Waals surface area contributed by atoms with Gasteiger partial charge in [-0.2, -0.15) is 31.3 Å². The van der Waals surface area contributed by atoms with Crippen molar-refractivity contribution in [2.75, 3.05) is 0 Å². The highest BCUT2D eigenvalue weighted by Crippen LogP contribution is 2.39. The Bertz CT molecular complexity index is 948. The van der Waals surface area contributed by atoms with Gasteiger partial charge in [0, 0.05) is 10.5 Å². The number of hydrogen-bond acceptors (Lipinski definition) is 4. The molecule has 3 nitrogen and oxygen atoms in total. The van der Waals surface area contributed by atoms with Crippen LogP contribution in [0.5, 0.6) is 0 Å². The van der Waals surface area contributed by atoms with Gasteiger partial charge in [0.05, 0.1) is 5.56 Å². The largest absolute Gasteiger partial charge is 0.471 e. The second kappa shape index (κ2) is 6.35. The Balaban J connectivity index is 2.08. The summed E-state index contributed by atoms with van der Waals surface area (Å²) in [6.07, 6.45) is -9.44. The van der Waals surface area contributed by atoms with E-state index in [4.69, 9.17) is 0 Å². The van der Waals surface area contributed by atoms with E-state index in [1.54, 1.807) is 0 Å². The molecular weight excluding hydrogens is 382 g/mol. The molecule has 0 atom stereocenters. The van der Waals surface area contributed by atoms with Gasteiger partial charge in [0.15, 0.2) is 0 Å². The first kappa shape index (κ1) is 18.3. The highest BCUT2D eigenvalue weighted by molar-refractivity contribution is 7.80. The van der Waals surface area contributed by atoms with Crippen LogP contribution in [0.15, 0.2) is 51.9 Å². The van der Waals surface area contributed by atoms with Crippen molar-refractivity contribution in [1.29, 1.82) is 0 Å². The monoisotopic (exact) mass is 390 g/mol. The molecule has 0 aliphatic carbocycles. The number of aromatic nitrogens is 2. The van der Waals surface area contributed by atoms with Gasteiger partial charge in [-0.15, -0.1) is 12.6 Å². The van der Waals surface area contributed by atoms with Gasteiger partial charge in [-0.3, -0.25) is 0 Å². The number of hydrogen-bond donors (Lipinski definition) is 1. The molecule has 3 aromatic rings. The van der Waals surface area contributed by atoms with Crippen molar-refractivity contribution < 1.29 is 30.9 Å². The second-order valence-electron chi connectivity index (χ2n) is 5.23. The summed E-state index contributed by atoms with van der Waals surface area (Å²) in [6.45, 7) is 0. The van der Waals surface area contributed by atoms with E-state index in [9.17, 15) is 26.3 Å². The SMILES string of the molecule is FC(F)(F)c1nc(-c2cccc(-c3ccc(S)cc3C(F)(F)F)c2)no1. The summed E-state index contributed by atoms with van der Waals surface area (Å²) in [5.74, 6) is -1.91. The van der Waals surface area contributed by atoms with E-state index in [1.165, 1.54) is 36.4 Å². The zero-order valence-electron chi connectivity index (χ0n) is 12.6. The molecule has 0 saturated carbocycles. The molecule has 3 rings (SSSR count). The van der Waals surface area contributed by atoms with Gasteiger partial charge >= 0.3 is 18.2 Å². The van der Waals surface area contributed by atoms with Gasteiger partial charge in [0.25, 0.3) is 0 Å². The topological polar surface area (TPSA) is 38.9 Å². The maximum absolute atomic E-state index is 13.3. The van der Waals surface area contributed by atoms with Crippen LogP contribution >= 0.6 is 12.6 Å². The van der Waals surface area contributed by atoms with Crippen LogP contribution in [-0.2, 0) is 12.4 Å². The molecule has 0 aliphatic rings. The quantitative estimate of drug-likeness (QED) is 0.449. The summed E-state index contributed by atoms with van der Waals surface area (Å²) < 4.78 is 81.6. The Labute approximate surface area is 148 Å². The summed E-state index contributed by atoms with van der Waals surface area (Å²) in [5, 5.41) is 3.23. The maximum Gasteiger partial charge on any atom is 0.471 e. The lowest BCUT2D eigenvalue weighted by Crippen LogP contribution is -2.07. The molecule has 10 heteroatoms. The van der Waals surface area contributed by atoms with Crippen LogP contribution in [0.4, 0.5) is 26.3 Å². The van der Waals surface area contributed by atoms with Gasteiger partial charge in [-0.05, 0) is 29.3 Å². The lowest BCUT2D eigenvalue weighted by Gasteiger charge is -2.14. The fourth-order valence-corrected chi connectivity index (χ4v) is 2.50. The molecule has 0 saturated heterocycles. The predicted molar refractivity (Wildman–Crippen MR) is 82.4 cm³/mol. The van der Waals surface area contributed by atoms with Gasteiger partial charge in [-0.25, -0.2) is 0 Å². The van der Waals surface area contributed by atoms with Crippen LogP contribution in [0, 0.1) is 0 Å². The molecule has 0 amide bonds. The fourth-order valence-electron chi connectivity index (χ4n) is 2.30. The van der Waals surface area contributed by atoms with Crippen molar-refractivity contribution in [1.82, 2.24) is 10.1 Å².